The quantitative estimate of drug-likeness (QED) is 0.622. The van der Waals surface area contributed by atoms with Gasteiger partial charge in [0.15, 0.2) is 0 Å². The van der Waals surface area contributed by atoms with E-state index in [4.69, 9.17) is 10.5 Å². The highest BCUT2D eigenvalue weighted by Gasteiger charge is 2.25. The first-order chi connectivity index (χ1) is 6.15. The summed E-state index contributed by atoms with van der Waals surface area (Å²) >= 11 is 0. The van der Waals surface area contributed by atoms with Gasteiger partial charge >= 0.3 is 0 Å². The fraction of sp³-hybridized carbons (Fsp3) is 1.00. The molecule has 1 heterocycles. The number of hydrogen-bond donors (Lipinski definition) is 2. The molecule has 4 nitrogen and oxygen atoms in total. The highest BCUT2D eigenvalue weighted by Crippen LogP contribution is 2.10. The van der Waals surface area contributed by atoms with E-state index in [1.165, 1.54) is 0 Å². The molecule has 0 amide bonds. The molecule has 78 valence electrons. The van der Waals surface area contributed by atoms with Crippen LogP contribution in [0.25, 0.3) is 0 Å². The van der Waals surface area contributed by atoms with E-state index < -0.39 is 0 Å². The molecule has 0 aromatic heterocycles. The van der Waals surface area contributed by atoms with Gasteiger partial charge in [-0.1, -0.05) is 0 Å². The van der Waals surface area contributed by atoms with Gasteiger partial charge in [0.1, 0.15) is 0 Å². The molecule has 0 aromatic rings. The maximum atomic E-state index is 9.17. The third-order valence-electron chi connectivity index (χ3n) is 2.54. The van der Waals surface area contributed by atoms with E-state index in [-0.39, 0.29) is 24.8 Å². The van der Waals surface area contributed by atoms with Gasteiger partial charge in [-0.15, -0.1) is 0 Å². The summed E-state index contributed by atoms with van der Waals surface area (Å²) in [7, 11) is 0. The lowest BCUT2D eigenvalue weighted by atomic mass is 10.1. The van der Waals surface area contributed by atoms with Gasteiger partial charge in [0, 0.05) is 25.2 Å². The van der Waals surface area contributed by atoms with E-state index >= 15 is 0 Å². The van der Waals surface area contributed by atoms with Gasteiger partial charge in [0.2, 0.25) is 0 Å². The van der Waals surface area contributed by atoms with Crippen LogP contribution >= 0.6 is 0 Å². The summed E-state index contributed by atoms with van der Waals surface area (Å²) in [4.78, 5) is 2.21. The first-order valence-electron chi connectivity index (χ1n) is 4.87. The summed E-state index contributed by atoms with van der Waals surface area (Å²) < 4.78 is 5.42. The van der Waals surface area contributed by atoms with E-state index in [1.807, 2.05) is 13.8 Å². The number of hydrogen-bond acceptors (Lipinski definition) is 4. The molecular weight excluding hydrogens is 168 g/mol. The predicted molar refractivity (Wildman–Crippen MR) is 51.5 cm³/mol. The van der Waals surface area contributed by atoms with E-state index in [2.05, 4.69) is 4.90 Å². The molecule has 0 saturated carbocycles. The van der Waals surface area contributed by atoms with Crippen LogP contribution < -0.4 is 5.73 Å². The van der Waals surface area contributed by atoms with Crippen molar-refractivity contribution < 1.29 is 9.84 Å². The molecule has 1 saturated heterocycles. The Morgan fingerprint density at radius 2 is 2.38 bits per heavy atom. The second-order valence-corrected chi connectivity index (χ2v) is 3.79. The van der Waals surface area contributed by atoms with Crippen LogP contribution in [0.2, 0.25) is 0 Å². The Morgan fingerprint density at radius 1 is 1.69 bits per heavy atom. The van der Waals surface area contributed by atoms with Crippen molar-refractivity contribution in [2.45, 2.75) is 32.0 Å². The van der Waals surface area contributed by atoms with Gasteiger partial charge in [-0.3, -0.25) is 4.90 Å². The predicted octanol–water partition coefficient (Wildman–Crippen LogP) is -0.585. The minimum atomic E-state index is 0.00954. The van der Waals surface area contributed by atoms with E-state index in [0.717, 1.165) is 19.7 Å². The van der Waals surface area contributed by atoms with Crippen molar-refractivity contribution in [2.75, 3.05) is 26.3 Å². The number of nitrogens with two attached hydrogens (primary N) is 1. The molecule has 0 spiro atoms. The largest absolute Gasteiger partial charge is 0.395 e. The van der Waals surface area contributed by atoms with Crippen LogP contribution in [-0.4, -0.2) is 54.5 Å². The minimum Gasteiger partial charge on any atom is -0.395 e. The van der Waals surface area contributed by atoms with Crippen molar-refractivity contribution in [2.24, 2.45) is 5.73 Å². The molecule has 0 aliphatic carbocycles. The standard InChI is InChI=1S/C9H20N2O2/c1-7-5-11(3-4-13-7)9(6-12)8(2)10/h7-9,12H,3-6,10H2,1-2H3. The van der Waals surface area contributed by atoms with Crippen LogP contribution in [-0.2, 0) is 4.74 Å². The fourth-order valence-corrected chi connectivity index (χ4v) is 1.76. The first-order valence-corrected chi connectivity index (χ1v) is 4.87. The van der Waals surface area contributed by atoms with Crippen molar-refractivity contribution in [1.82, 2.24) is 4.90 Å². The monoisotopic (exact) mass is 188 g/mol. The van der Waals surface area contributed by atoms with E-state index in [9.17, 15) is 5.11 Å². The second kappa shape index (κ2) is 4.91. The molecule has 1 aliphatic heterocycles. The Kier molecular flexibility index (Phi) is 4.12. The Balaban J connectivity index is 2.47. The topological polar surface area (TPSA) is 58.7 Å². The molecule has 0 aromatic carbocycles. The Morgan fingerprint density at radius 3 is 2.85 bits per heavy atom. The Bertz CT molecular complexity index is 153. The third kappa shape index (κ3) is 2.91. The lowest BCUT2D eigenvalue weighted by molar-refractivity contribution is -0.0454. The highest BCUT2D eigenvalue weighted by molar-refractivity contribution is 4.81. The number of aliphatic hydroxyl groups excluding tert-OH is 1. The fourth-order valence-electron chi connectivity index (χ4n) is 1.76. The number of ether oxygens (including phenoxy) is 1. The molecule has 3 unspecified atom stereocenters. The minimum absolute atomic E-state index is 0.00954. The summed E-state index contributed by atoms with van der Waals surface area (Å²) in [5.74, 6) is 0. The molecule has 1 aliphatic rings. The van der Waals surface area contributed by atoms with Crippen LogP contribution in [0.1, 0.15) is 13.8 Å². The zero-order valence-corrected chi connectivity index (χ0v) is 8.44. The van der Waals surface area contributed by atoms with Crippen molar-refractivity contribution in [3.05, 3.63) is 0 Å². The molecule has 0 bridgehead atoms. The van der Waals surface area contributed by atoms with Crippen LogP contribution in [0.4, 0.5) is 0 Å². The number of aliphatic hydroxyl groups is 1. The molecule has 13 heavy (non-hydrogen) atoms. The SMILES string of the molecule is CC1CN(C(CO)C(C)N)CCO1. The summed E-state index contributed by atoms with van der Waals surface area (Å²) in [6, 6.07) is 0.0849. The Labute approximate surface area is 79.7 Å². The molecule has 3 atom stereocenters. The average Bonchev–Trinajstić information content (AvgIpc) is 2.04. The molecule has 4 heteroatoms. The summed E-state index contributed by atoms with van der Waals surface area (Å²) in [6.45, 7) is 6.58. The van der Waals surface area contributed by atoms with Gasteiger partial charge in [0.25, 0.3) is 0 Å². The smallest absolute Gasteiger partial charge is 0.0674 e. The van der Waals surface area contributed by atoms with Gasteiger partial charge in [-0.05, 0) is 13.8 Å². The molecular formula is C9H20N2O2. The number of morpholine rings is 1. The first kappa shape index (κ1) is 10.9. The van der Waals surface area contributed by atoms with Gasteiger partial charge in [-0.2, -0.15) is 0 Å². The molecule has 0 radical (unpaired) electrons. The van der Waals surface area contributed by atoms with Gasteiger partial charge < -0.3 is 15.6 Å². The van der Waals surface area contributed by atoms with Crippen molar-refractivity contribution >= 4 is 0 Å². The van der Waals surface area contributed by atoms with E-state index in [1.54, 1.807) is 0 Å². The summed E-state index contributed by atoms with van der Waals surface area (Å²) in [6.07, 6.45) is 0.251. The van der Waals surface area contributed by atoms with Crippen LogP contribution in [0.5, 0.6) is 0 Å². The lowest BCUT2D eigenvalue weighted by Gasteiger charge is -2.38. The summed E-state index contributed by atoms with van der Waals surface area (Å²) in [5, 5.41) is 9.17. The molecule has 3 N–H and O–H groups in total. The third-order valence-corrected chi connectivity index (χ3v) is 2.54. The molecule has 1 fully saturated rings. The zero-order chi connectivity index (χ0) is 9.84. The number of rotatable bonds is 3. The van der Waals surface area contributed by atoms with E-state index in [0.29, 0.717) is 0 Å². The van der Waals surface area contributed by atoms with Crippen molar-refractivity contribution in [3.8, 4) is 0 Å². The van der Waals surface area contributed by atoms with Gasteiger partial charge in [0.05, 0.1) is 19.3 Å². The van der Waals surface area contributed by atoms with Crippen LogP contribution in [0.15, 0.2) is 0 Å². The summed E-state index contributed by atoms with van der Waals surface area (Å²) in [5.41, 5.74) is 5.78. The van der Waals surface area contributed by atoms with Crippen LogP contribution in [0.3, 0.4) is 0 Å². The number of nitrogens with zero attached hydrogens (tertiary/aromatic N) is 1. The maximum Gasteiger partial charge on any atom is 0.0674 e. The average molecular weight is 188 g/mol. The van der Waals surface area contributed by atoms with Crippen molar-refractivity contribution in [3.63, 3.8) is 0 Å². The second-order valence-electron chi connectivity index (χ2n) is 3.79. The highest BCUT2D eigenvalue weighted by atomic mass is 16.5. The maximum absolute atomic E-state index is 9.17. The molecule has 1 rings (SSSR count). The van der Waals surface area contributed by atoms with Crippen molar-refractivity contribution in [1.29, 1.82) is 0 Å². The normalized spacial score (nSPS) is 30.0. The Hall–Kier alpha value is -0.160. The lowest BCUT2D eigenvalue weighted by Crippen LogP contribution is -2.54. The zero-order valence-electron chi connectivity index (χ0n) is 8.44. The van der Waals surface area contributed by atoms with Crippen LogP contribution in [0, 0.1) is 0 Å². The van der Waals surface area contributed by atoms with Gasteiger partial charge in [-0.25, -0.2) is 0 Å².